The molecule has 13 heteroatoms. The second kappa shape index (κ2) is 12.7. The zero-order chi connectivity index (χ0) is 35.1. The molecule has 0 spiro atoms. The van der Waals surface area contributed by atoms with E-state index in [1.807, 2.05) is 55.6 Å². The van der Waals surface area contributed by atoms with Gasteiger partial charge in [-0.1, -0.05) is 65.8 Å². The first-order valence-electron chi connectivity index (χ1n) is 16.4. The molecule has 0 unspecified atom stereocenters. The molecule has 49 heavy (non-hydrogen) atoms. The third kappa shape index (κ3) is 6.89. The van der Waals surface area contributed by atoms with Crippen LogP contribution < -0.4 is 20.7 Å². The summed E-state index contributed by atoms with van der Waals surface area (Å²) in [6.45, 7) is 12.1. The summed E-state index contributed by atoms with van der Waals surface area (Å²) in [6, 6.07) is 11.8. The van der Waals surface area contributed by atoms with Gasteiger partial charge in [0.1, 0.15) is 29.0 Å². The molecule has 6 rings (SSSR count). The maximum Gasteiger partial charge on any atom is 0.321 e. The number of aldehydes is 1. The first kappa shape index (κ1) is 33.7. The van der Waals surface area contributed by atoms with E-state index >= 15 is 0 Å². The van der Waals surface area contributed by atoms with Crippen LogP contribution in [0.2, 0.25) is 0 Å². The zero-order valence-electron chi connectivity index (χ0n) is 28.5. The first-order chi connectivity index (χ1) is 23.2. The maximum absolute atomic E-state index is 13.5. The molecule has 0 radical (unpaired) electrons. The Balaban J connectivity index is 1.23. The second-order valence-electron chi connectivity index (χ2n) is 14.8. The summed E-state index contributed by atoms with van der Waals surface area (Å²) in [5.41, 5.74) is 0.303. The molecule has 4 N–H and O–H groups in total. The van der Waals surface area contributed by atoms with E-state index in [9.17, 15) is 19.5 Å². The van der Waals surface area contributed by atoms with E-state index in [0.29, 0.717) is 47.3 Å². The fourth-order valence-corrected chi connectivity index (χ4v) is 6.08. The lowest BCUT2D eigenvalue weighted by Gasteiger charge is -2.34. The number of ether oxygens (including phenoxy) is 1. The van der Waals surface area contributed by atoms with Crippen LogP contribution in [-0.2, 0) is 21.2 Å². The molecule has 4 aromatic rings. The molecule has 2 atom stereocenters. The highest BCUT2D eigenvalue weighted by atomic mass is 16.5. The molecule has 0 bridgehead atoms. The van der Waals surface area contributed by atoms with Crippen molar-refractivity contribution in [2.75, 3.05) is 11.9 Å². The van der Waals surface area contributed by atoms with Crippen LogP contribution in [0, 0.1) is 5.92 Å². The van der Waals surface area contributed by atoms with Gasteiger partial charge >= 0.3 is 6.03 Å². The SMILES string of the molecule is CC(C)(C)c1cc(NC(=O)N[C@@]2(C=O)C=C[C@@H](Oc3ccc4nnc(C(C)(C)C)n4c3)c3ccccc32)nc(C(=O)NC2CC(CO)C2)n1. The molecular formula is C36H42N8O5. The number of urea groups is 1. The van der Waals surface area contributed by atoms with Crippen molar-refractivity contribution in [1.29, 1.82) is 0 Å². The number of nitrogens with zero attached hydrogens (tertiary/aromatic N) is 5. The number of hydrogen-bond donors (Lipinski definition) is 4. The molecule has 3 amide bonds. The molecule has 2 aliphatic rings. The average Bonchev–Trinajstić information content (AvgIpc) is 3.47. The van der Waals surface area contributed by atoms with Gasteiger partial charge in [-0.15, -0.1) is 10.2 Å². The minimum Gasteiger partial charge on any atom is -0.480 e. The van der Waals surface area contributed by atoms with Crippen molar-refractivity contribution >= 4 is 29.7 Å². The first-order valence-corrected chi connectivity index (χ1v) is 16.4. The molecule has 0 aliphatic heterocycles. The Morgan fingerprint density at radius 2 is 1.80 bits per heavy atom. The van der Waals surface area contributed by atoms with Crippen LogP contribution in [0.1, 0.15) is 93.8 Å². The molecule has 3 heterocycles. The van der Waals surface area contributed by atoms with Gasteiger partial charge < -0.3 is 20.5 Å². The number of pyridine rings is 1. The molecule has 3 aromatic heterocycles. The van der Waals surface area contributed by atoms with E-state index in [-0.39, 0.29) is 35.6 Å². The number of fused-ring (bicyclic) bond motifs is 2. The standard InChI is InChI=1S/C36H42N8O5/c1-34(2,3)27-17-28(39-30(38-27)31(47)37-22-15-21(16-22)19-45)40-33(48)41-36(20-46)14-13-26(24-9-7-8-10-25(24)36)49-23-11-12-29-42-43-32(35(4,5)6)44(29)18-23/h7-14,17-18,20-22,26,45H,15-16,19H2,1-6H3,(H,37,47)(H2,38,39,40,41,48)/t21?,22?,26-,36-/m1/s1. The quantitative estimate of drug-likeness (QED) is 0.156. The highest BCUT2D eigenvalue weighted by Crippen LogP contribution is 2.37. The van der Waals surface area contributed by atoms with Crippen molar-refractivity contribution < 1.29 is 24.2 Å². The number of amides is 3. The average molecular weight is 667 g/mol. The van der Waals surface area contributed by atoms with Crippen molar-refractivity contribution in [1.82, 2.24) is 35.2 Å². The van der Waals surface area contributed by atoms with Gasteiger partial charge in [0.05, 0.1) is 11.9 Å². The molecule has 1 fully saturated rings. The predicted octanol–water partition coefficient (Wildman–Crippen LogP) is 4.52. The minimum atomic E-state index is -1.51. The Morgan fingerprint density at radius 1 is 1.04 bits per heavy atom. The van der Waals surface area contributed by atoms with Crippen molar-refractivity contribution in [3.63, 3.8) is 0 Å². The Hall–Kier alpha value is -5.17. The fourth-order valence-electron chi connectivity index (χ4n) is 6.08. The number of carbonyl (C=O) groups is 3. The summed E-state index contributed by atoms with van der Waals surface area (Å²) in [5, 5.41) is 26.4. The van der Waals surface area contributed by atoms with Crippen LogP contribution in [0.3, 0.4) is 0 Å². The summed E-state index contributed by atoms with van der Waals surface area (Å²) in [7, 11) is 0. The van der Waals surface area contributed by atoms with Gasteiger partial charge in [0.2, 0.25) is 5.82 Å². The number of aromatic nitrogens is 5. The van der Waals surface area contributed by atoms with Crippen molar-refractivity contribution in [2.45, 2.75) is 82.9 Å². The number of benzene rings is 1. The molecule has 0 saturated heterocycles. The van der Waals surface area contributed by atoms with Gasteiger partial charge in [-0.3, -0.25) is 19.3 Å². The van der Waals surface area contributed by atoms with Crippen LogP contribution in [0.15, 0.2) is 60.8 Å². The number of nitrogens with one attached hydrogen (secondary N) is 3. The third-order valence-corrected chi connectivity index (χ3v) is 8.83. The molecule has 13 nitrogen and oxygen atoms in total. The van der Waals surface area contributed by atoms with Crippen LogP contribution in [-0.4, -0.2) is 60.5 Å². The Morgan fingerprint density at radius 3 is 2.49 bits per heavy atom. The van der Waals surface area contributed by atoms with Crippen molar-refractivity contribution in [3.05, 3.63) is 89.3 Å². The third-order valence-electron chi connectivity index (χ3n) is 8.83. The van der Waals surface area contributed by atoms with Crippen molar-refractivity contribution in [3.8, 4) is 5.75 Å². The summed E-state index contributed by atoms with van der Waals surface area (Å²) in [4.78, 5) is 48.2. The summed E-state index contributed by atoms with van der Waals surface area (Å²) in [6.07, 6.45) is 6.68. The highest BCUT2D eigenvalue weighted by molar-refractivity contribution is 5.94. The van der Waals surface area contributed by atoms with E-state index in [1.54, 1.807) is 30.4 Å². The van der Waals surface area contributed by atoms with Crippen LogP contribution in [0.25, 0.3) is 5.65 Å². The topological polar surface area (TPSA) is 173 Å². The van der Waals surface area contributed by atoms with Crippen molar-refractivity contribution in [2.24, 2.45) is 5.92 Å². The second-order valence-corrected chi connectivity index (χ2v) is 14.8. The summed E-state index contributed by atoms with van der Waals surface area (Å²) >= 11 is 0. The lowest BCUT2D eigenvalue weighted by molar-refractivity contribution is -0.111. The van der Waals surface area contributed by atoms with Gasteiger partial charge in [0.25, 0.3) is 5.91 Å². The lowest BCUT2D eigenvalue weighted by Crippen LogP contribution is -2.49. The normalized spacial score (nSPS) is 21.7. The number of aliphatic hydroxyl groups is 1. The molecule has 1 saturated carbocycles. The zero-order valence-corrected chi connectivity index (χ0v) is 28.5. The van der Waals surface area contributed by atoms with Gasteiger partial charge in [-0.25, -0.2) is 14.8 Å². The molecule has 2 aliphatic carbocycles. The smallest absolute Gasteiger partial charge is 0.321 e. The molecular weight excluding hydrogens is 624 g/mol. The Labute approximate surface area is 284 Å². The molecule has 1 aromatic carbocycles. The van der Waals surface area contributed by atoms with Crippen LogP contribution >= 0.6 is 0 Å². The van der Waals surface area contributed by atoms with E-state index in [1.165, 1.54) is 0 Å². The number of anilines is 1. The van der Waals surface area contributed by atoms with Crippen LogP contribution in [0.4, 0.5) is 10.6 Å². The number of rotatable bonds is 8. The number of carbonyl (C=O) groups excluding carboxylic acids is 3. The summed E-state index contributed by atoms with van der Waals surface area (Å²) < 4.78 is 8.33. The Bertz CT molecular complexity index is 1940. The van der Waals surface area contributed by atoms with Crippen LogP contribution in [0.5, 0.6) is 5.75 Å². The lowest BCUT2D eigenvalue weighted by atomic mass is 9.81. The van der Waals surface area contributed by atoms with E-state index in [4.69, 9.17) is 4.74 Å². The van der Waals surface area contributed by atoms with E-state index in [0.717, 1.165) is 5.82 Å². The summed E-state index contributed by atoms with van der Waals surface area (Å²) in [5.74, 6) is 1.11. The van der Waals surface area contributed by atoms with E-state index < -0.39 is 29.0 Å². The minimum absolute atomic E-state index is 0.0727. The highest BCUT2D eigenvalue weighted by Gasteiger charge is 2.39. The van der Waals surface area contributed by atoms with Gasteiger partial charge in [-0.2, -0.15) is 0 Å². The largest absolute Gasteiger partial charge is 0.480 e. The van der Waals surface area contributed by atoms with Gasteiger partial charge in [-0.05, 0) is 48.6 Å². The predicted molar refractivity (Wildman–Crippen MR) is 182 cm³/mol. The number of aliphatic hydroxyl groups excluding tert-OH is 1. The monoisotopic (exact) mass is 666 g/mol. The Kier molecular flexibility index (Phi) is 8.74. The molecule has 256 valence electrons. The fraction of sp³-hybridized carbons (Fsp3) is 0.417. The van der Waals surface area contributed by atoms with E-state index in [2.05, 4.69) is 56.9 Å². The van der Waals surface area contributed by atoms with Gasteiger partial charge in [0.15, 0.2) is 11.9 Å². The number of hydrogen-bond acceptors (Lipinski definition) is 9. The van der Waals surface area contributed by atoms with Gasteiger partial charge in [0, 0.05) is 35.1 Å². The maximum atomic E-state index is 13.5.